The Hall–Kier alpha value is -3.73. The van der Waals surface area contributed by atoms with Crippen LogP contribution >= 0.6 is 11.6 Å². The highest BCUT2D eigenvalue weighted by molar-refractivity contribution is 7.90. The van der Waals surface area contributed by atoms with Gasteiger partial charge >= 0.3 is 0 Å². The molecule has 0 amide bonds. The van der Waals surface area contributed by atoms with Crippen LogP contribution in [0, 0.1) is 6.92 Å². The number of sulfone groups is 1. The van der Waals surface area contributed by atoms with Crippen molar-refractivity contribution in [2.24, 2.45) is 14.1 Å². The van der Waals surface area contributed by atoms with Crippen LogP contribution in [0.25, 0.3) is 10.9 Å². The van der Waals surface area contributed by atoms with E-state index in [1.54, 1.807) is 58.4 Å². The predicted molar refractivity (Wildman–Crippen MR) is 149 cm³/mol. The maximum atomic E-state index is 12.4. The quantitative estimate of drug-likeness (QED) is 0.318. The largest absolute Gasteiger partial charge is 0.481 e. The molecule has 1 N–H and O–H groups in total. The van der Waals surface area contributed by atoms with Crippen LogP contribution in [0.1, 0.15) is 33.6 Å². The van der Waals surface area contributed by atoms with E-state index in [1.165, 1.54) is 13.4 Å². The number of aliphatic hydroxyl groups is 1. The fourth-order valence-electron chi connectivity index (χ4n) is 4.95. The van der Waals surface area contributed by atoms with Gasteiger partial charge in [-0.15, -0.1) is 0 Å². The fraction of sp³-hybridized carbons (Fsp3) is 0.250. The van der Waals surface area contributed by atoms with Crippen molar-refractivity contribution >= 4 is 32.3 Å². The van der Waals surface area contributed by atoms with Gasteiger partial charge in [-0.05, 0) is 41.8 Å². The van der Waals surface area contributed by atoms with Crippen molar-refractivity contribution in [3.8, 4) is 5.88 Å². The van der Waals surface area contributed by atoms with E-state index in [2.05, 4.69) is 9.97 Å². The van der Waals surface area contributed by atoms with Crippen LogP contribution < -0.4 is 4.74 Å². The van der Waals surface area contributed by atoms with Crippen LogP contribution in [-0.2, 0) is 36.0 Å². The first-order chi connectivity index (χ1) is 18.4. The lowest BCUT2D eigenvalue weighted by Crippen LogP contribution is -2.33. The van der Waals surface area contributed by atoms with Crippen molar-refractivity contribution < 1.29 is 18.3 Å². The van der Waals surface area contributed by atoms with Gasteiger partial charge in [0.25, 0.3) is 0 Å². The molecule has 0 aliphatic heterocycles. The Labute approximate surface area is 231 Å². The zero-order valence-corrected chi connectivity index (χ0v) is 23.7. The molecule has 0 unspecified atom stereocenters. The Morgan fingerprint density at radius 2 is 1.62 bits per heavy atom. The van der Waals surface area contributed by atoms with Gasteiger partial charge in [0.2, 0.25) is 5.88 Å². The third-order valence-electron chi connectivity index (χ3n) is 6.99. The second-order valence-electron chi connectivity index (χ2n) is 9.69. The van der Waals surface area contributed by atoms with Gasteiger partial charge in [0.05, 0.1) is 59.0 Å². The van der Waals surface area contributed by atoms with Crippen LogP contribution in [0.4, 0.5) is 0 Å². The molecule has 3 aromatic heterocycles. The van der Waals surface area contributed by atoms with Gasteiger partial charge in [0, 0.05) is 37.7 Å². The lowest BCUT2D eigenvalue weighted by molar-refractivity contribution is 0.109. The number of hydrogen-bond acceptors (Lipinski definition) is 7. The summed E-state index contributed by atoms with van der Waals surface area (Å²) in [5, 5.41) is 13.5. The van der Waals surface area contributed by atoms with Crippen molar-refractivity contribution in [2.45, 2.75) is 23.8 Å². The molecular formula is C28H28ClN5O4S. The molecule has 202 valence electrons. The molecule has 0 saturated heterocycles. The van der Waals surface area contributed by atoms with Crippen molar-refractivity contribution in [3.63, 3.8) is 0 Å². The molecule has 9 nitrogen and oxygen atoms in total. The number of pyridine rings is 1. The van der Waals surface area contributed by atoms with Crippen LogP contribution in [-0.4, -0.2) is 51.0 Å². The van der Waals surface area contributed by atoms with Gasteiger partial charge in [-0.25, -0.2) is 23.4 Å². The molecule has 3 heterocycles. The summed E-state index contributed by atoms with van der Waals surface area (Å²) in [5.74, 6) is 0.379. The molecular weight excluding hydrogens is 538 g/mol. The minimum Gasteiger partial charge on any atom is -0.481 e. The first-order valence-electron chi connectivity index (χ1n) is 12.1. The number of nitrogens with zero attached hydrogens (tertiary/aromatic N) is 5. The smallest absolute Gasteiger partial charge is 0.218 e. The number of hydrogen-bond donors (Lipinski definition) is 1. The van der Waals surface area contributed by atoms with Crippen molar-refractivity contribution in [3.05, 3.63) is 100 Å². The molecule has 0 fully saturated rings. The Kier molecular flexibility index (Phi) is 6.74. The summed E-state index contributed by atoms with van der Waals surface area (Å²) in [5.41, 5.74) is 3.07. The second-order valence-corrected chi connectivity index (χ2v) is 12.1. The minimum absolute atomic E-state index is 0.242. The summed E-state index contributed by atoms with van der Waals surface area (Å²) in [6.07, 6.45) is 8.07. The molecule has 5 rings (SSSR count). The van der Waals surface area contributed by atoms with Crippen LogP contribution in [0.2, 0.25) is 5.02 Å². The molecule has 5 aromatic rings. The number of aryl methyl sites for hydroxylation is 3. The Morgan fingerprint density at radius 1 is 1.03 bits per heavy atom. The fourth-order valence-corrected chi connectivity index (χ4v) is 5.87. The van der Waals surface area contributed by atoms with E-state index in [9.17, 15) is 13.5 Å². The summed E-state index contributed by atoms with van der Waals surface area (Å²) >= 11 is 7.05. The number of methoxy groups -OCH3 is 1. The first-order valence-corrected chi connectivity index (χ1v) is 14.3. The zero-order chi connectivity index (χ0) is 28.1. The third-order valence-corrected chi connectivity index (χ3v) is 8.55. The number of ether oxygens (including phenoxy) is 1. The van der Waals surface area contributed by atoms with Crippen molar-refractivity contribution in [1.82, 2.24) is 24.1 Å². The molecule has 0 atom stereocenters. The molecule has 0 radical (unpaired) electrons. The van der Waals surface area contributed by atoms with E-state index in [0.717, 1.165) is 11.1 Å². The van der Waals surface area contributed by atoms with Crippen molar-refractivity contribution in [2.75, 3.05) is 13.4 Å². The Balaban J connectivity index is 1.71. The first kappa shape index (κ1) is 26.9. The summed E-state index contributed by atoms with van der Waals surface area (Å²) in [6.45, 7) is 1.91. The second kappa shape index (κ2) is 9.78. The average Bonchev–Trinajstić information content (AvgIpc) is 3.53. The third kappa shape index (κ3) is 4.58. The topological polar surface area (TPSA) is 112 Å². The Morgan fingerprint density at radius 3 is 2.10 bits per heavy atom. The van der Waals surface area contributed by atoms with E-state index < -0.39 is 15.4 Å². The summed E-state index contributed by atoms with van der Waals surface area (Å²) in [7, 11) is 1.87. The predicted octanol–water partition coefficient (Wildman–Crippen LogP) is 3.95. The molecule has 0 spiro atoms. The van der Waals surface area contributed by atoms with Gasteiger partial charge in [-0.3, -0.25) is 0 Å². The lowest BCUT2D eigenvalue weighted by Gasteiger charge is -2.30. The molecule has 2 aromatic carbocycles. The molecule has 11 heteroatoms. The van der Waals surface area contributed by atoms with E-state index in [-0.39, 0.29) is 4.90 Å². The average molecular weight is 566 g/mol. The number of benzene rings is 2. The van der Waals surface area contributed by atoms with Gasteiger partial charge < -0.3 is 19.0 Å². The van der Waals surface area contributed by atoms with Crippen LogP contribution in [0.3, 0.4) is 0 Å². The molecule has 0 aliphatic rings. The molecule has 39 heavy (non-hydrogen) atoms. The molecule has 0 bridgehead atoms. The number of aromatic nitrogens is 5. The normalized spacial score (nSPS) is 12.3. The number of fused-ring (bicyclic) bond motifs is 1. The maximum Gasteiger partial charge on any atom is 0.218 e. The molecule has 0 aliphatic carbocycles. The Bertz CT molecular complexity index is 1770. The maximum absolute atomic E-state index is 12.4. The summed E-state index contributed by atoms with van der Waals surface area (Å²) in [6, 6.07) is 10.4. The van der Waals surface area contributed by atoms with E-state index >= 15 is 0 Å². The minimum atomic E-state index is -3.31. The monoisotopic (exact) mass is 565 g/mol. The SMILES string of the molecule is COc1nc2c(C)cc(C(O)(c3cncn3C)c3cncn3C)cc2c(Cl)c1Cc1ccc(S(C)(=O)=O)cc1. The molecule has 0 saturated carbocycles. The standard InChI is InChI=1S/C28H28ClN5O4S/c1-17-10-19(28(35,23-13-30-15-33(23)2)24-14-31-16-34(24)3)12-21-25(29)22(27(38-4)32-26(17)21)11-18-6-8-20(9-7-18)39(5,36)37/h6-10,12-16,35H,11H2,1-5H3. The number of rotatable bonds is 7. The number of imidazole rings is 2. The van der Waals surface area contributed by atoms with E-state index in [0.29, 0.717) is 50.7 Å². The summed E-state index contributed by atoms with van der Waals surface area (Å²) < 4.78 is 32.9. The van der Waals surface area contributed by atoms with Crippen LogP contribution in [0.15, 0.2) is 66.3 Å². The van der Waals surface area contributed by atoms with E-state index in [4.69, 9.17) is 21.3 Å². The van der Waals surface area contributed by atoms with Crippen molar-refractivity contribution in [1.29, 1.82) is 0 Å². The highest BCUT2D eigenvalue weighted by Crippen LogP contribution is 2.41. The van der Waals surface area contributed by atoms with Gasteiger partial charge in [-0.1, -0.05) is 29.8 Å². The van der Waals surface area contributed by atoms with E-state index in [1.807, 2.05) is 33.2 Å². The highest BCUT2D eigenvalue weighted by Gasteiger charge is 2.39. The zero-order valence-electron chi connectivity index (χ0n) is 22.2. The van der Waals surface area contributed by atoms with Gasteiger partial charge in [0.1, 0.15) is 0 Å². The summed E-state index contributed by atoms with van der Waals surface area (Å²) in [4.78, 5) is 13.5. The number of halogens is 1. The van der Waals surface area contributed by atoms with Gasteiger partial charge in [0.15, 0.2) is 15.4 Å². The van der Waals surface area contributed by atoms with Gasteiger partial charge in [-0.2, -0.15) is 0 Å². The lowest BCUT2D eigenvalue weighted by atomic mass is 9.85. The highest BCUT2D eigenvalue weighted by atomic mass is 35.5. The van der Waals surface area contributed by atoms with Crippen LogP contribution in [0.5, 0.6) is 5.88 Å².